The lowest BCUT2D eigenvalue weighted by atomic mass is 9.84. The lowest BCUT2D eigenvalue weighted by Gasteiger charge is -2.29. The molecule has 0 bridgehead atoms. The molecule has 0 aromatic heterocycles. The number of hydrogen-bond donors (Lipinski definition) is 1. The molecule has 3 nitrogen and oxygen atoms in total. The fourth-order valence-electron chi connectivity index (χ4n) is 2.86. The molecule has 1 N–H and O–H groups in total. The topological polar surface area (TPSA) is 30.5 Å². The van der Waals surface area contributed by atoms with Gasteiger partial charge >= 0.3 is 0 Å². The Morgan fingerprint density at radius 3 is 2.64 bits per heavy atom. The van der Waals surface area contributed by atoms with Crippen molar-refractivity contribution < 1.29 is 9.47 Å². The summed E-state index contributed by atoms with van der Waals surface area (Å²) in [6, 6.07) is 0.579. The molecule has 0 amide bonds. The Hall–Kier alpha value is -0.120. The minimum absolute atomic E-state index is 0.410. The van der Waals surface area contributed by atoms with Gasteiger partial charge in [0.2, 0.25) is 0 Å². The second-order valence-electron chi connectivity index (χ2n) is 4.47. The van der Waals surface area contributed by atoms with Crippen LogP contribution in [0.3, 0.4) is 0 Å². The maximum absolute atomic E-state index is 5.63. The predicted molar refractivity (Wildman–Crippen MR) is 55.3 cm³/mol. The monoisotopic (exact) mass is 199 g/mol. The summed E-state index contributed by atoms with van der Waals surface area (Å²) in [4.78, 5) is 0. The first kappa shape index (κ1) is 10.4. The van der Waals surface area contributed by atoms with Gasteiger partial charge in [-0.3, -0.25) is 0 Å². The van der Waals surface area contributed by atoms with Gasteiger partial charge in [-0.1, -0.05) is 0 Å². The Labute approximate surface area is 86.2 Å². The molecule has 2 heterocycles. The van der Waals surface area contributed by atoms with Crippen LogP contribution in [0.15, 0.2) is 0 Å². The summed E-state index contributed by atoms with van der Waals surface area (Å²) in [6.45, 7) is 4.98. The van der Waals surface area contributed by atoms with Gasteiger partial charge in [0.05, 0.1) is 12.7 Å². The molecule has 2 aliphatic heterocycles. The van der Waals surface area contributed by atoms with Crippen LogP contribution in [-0.2, 0) is 9.47 Å². The van der Waals surface area contributed by atoms with Crippen LogP contribution in [0.25, 0.3) is 0 Å². The van der Waals surface area contributed by atoms with E-state index in [1.807, 2.05) is 0 Å². The molecule has 3 heteroatoms. The van der Waals surface area contributed by atoms with E-state index in [9.17, 15) is 0 Å². The molecule has 2 aliphatic rings. The van der Waals surface area contributed by atoms with Gasteiger partial charge in [0.25, 0.3) is 0 Å². The maximum atomic E-state index is 5.63. The van der Waals surface area contributed by atoms with Crippen molar-refractivity contribution in [3.05, 3.63) is 0 Å². The van der Waals surface area contributed by atoms with Crippen LogP contribution in [-0.4, -0.2) is 39.0 Å². The molecule has 0 aromatic carbocycles. The average Bonchev–Trinajstić information content (AvgIpc) is 2.80. The van der Waals surface area contributed by atoms with Crippen molar-refractivity contribution >= 4 is 0 Å². The molecule has 4 unspecified atom stereocenters. The van der Waals surface area contributed by atoms with Crippen LogP contribution < -0.4 is 5.32 Å². The summed E-state index contributed by atoms with van der Waals surface area (Å²) < 4.78 is 11.1. The van der Waals surface area contributed by atoms with Crippen molar-refractivity contribution in [3.8, 4) is 0 Å². The minimum Gasteiger partial charge on any atom is -0.381 e. The molecule has 14 heavy (non-hydrogen) atoms. The lowest BCUT2D eigenvalue weighted by Crippen LogP contribution is -2.43. The number of hydrogen-bond acceptors (Lipinski definition) is 3. The molecule has 0 aromatic rings. The average molecular weight is 199 g/mol. The van der Waals surface area contributed by atoms with E-state index in [0.717, 1.165) is 19.8 Å². The van der Waals surface area contributed by atoms with Crippen LogP contribution in [0.2, 0.25) is 0 Å². The highest BCUT2D eigenvalue weighted by atomic mass is 16.5. The van der Waals surface area contributed by atoms with Crippen LogP contribution in [0.5, 0.6) is 0 Å². The second-order valence-corrected chi connectivity index (χ2v) is 4.47. The van der Waals surface area contributed by atoms with Crippen molar-refractivity contribution in [3.63, 3.8) is 0 Å². The maximum Gasteiger partial charge on any atom is 0.0590 e. The van der Waals surface area contributed by atoms with Gasteiger partial charge in [-0.2, -0.15) is 0 Å². The number of ether oxygens (including phenoxy) is 2. The Morgan fingerprint density at radius 2 is 2.14 bits per heavy atom. The summed E-state index contributed by atoms with van der Waals surface area (Å²) in [5.74, 6) is 1.36. The molecule has 2 rings (SSSR count). The highest BCUT2D eigenvalue weighted by Crippen LogP contribution is 2.30. The SMILES string of the molecule is CNC(C1CCOC1)C1CCOC1C. The Kier molecular flexibility index (Phi) is 3.42. The van der Waals surface area contributed by atoms with E-state index in [1.165, 1.54) is 12.8 Å². The lowest BCUT2D eigenvalue weighted by molar-refractivity contribution is 0.0848. The van der Waals surface area contributed by atoms with Gasteiger partial charge in [-0.25, -0.2) is 0 Å². The molecule has 82 valence electrons. The molecular formula is C11H21NO2. The Balaban J connectivity index is 1.96. The minimum atomic E-state index is 0.410. The van der Waals surface area contributed by atoms with Crippen molar-refractivity contribution in [2.24, 2.45) is 11.8 Å². The first-order valence-electron chi connectivity index (χ1n) is 5.69. The summed E-state index contributed by atoms with van der Waals surface area (Å²) in [7, 11) is 2.06. The van der Waals surface area contributed by atoms with E-state index >= 15 is 0 Å². The smallest absolute Gasteiger partial charge is 0.0590 e. The third-order valence-electron chi connectivity index (χ3n) is 3.70. The number of rotatable bonds is 3. The summed E-state index contributed by atoms with van der Waals surface area (Å²) in [6.07, 6.45) is 2.81. The highest BCUT2D eigenvalue weighted by Gasteiger charge is 2.36. The van der Waals surface area contributed by atoms with Gasteiger partial charge in [0.1, 0.15) is 0 Å². The van der Waals surface area contributed by atoms with E-state index in [4.69, 9.17) is 9.47 Å². The zero-order valence-electron chi connectivity index (χ0n) is 9.16. The second kappa shape index (κ2) is 4.60. The van der Waals surface area contributed by atoms with Crippen LogP contribution in [0.1, 0.15) is 19.8 Å². The molecule has 0 saturated carbocycles. The Morgan fingerprint density at radius 1 is 1.29 bits per heavy atom. The van der Waals surface area contributed by atoms with E-state index in [1.54, 1.807) is 0 Å². The molecule has 0 aliphatic carbocycles. The van der Waals surface area contributed by atoms with Gasteiger partial charge in [-0.05, 0) is 26.8 Å². The van der Waals surface area contributed by atoms with Crippen LogP contribution in [0, 0.1) is 11.8 Å². The number of nitrogens with one attached hydrogen (secondary N) is 1. The molecule has 0 radical (unpaired) electrons. The zero-order chi connectivity index (χ0) is 9.97. The van der Waals surface area contributed by atoms with Crippen molar-refractivity contribution in [2.75, 3.05) is 26.9 Å². The van der Waals surface area contributed by atoms with E-state index < -0.39 is 0 Å². The van der Waals surface area contributed by atoms with Gasteiger partial charge in [-0.15, -0.1) is 0 Å². The van der Waals surface area contributed by atoms with Crippen molar-refractivity contribution in [1.29, 1.82) is 0 Å². The summed E-state index contributed by atoms with van der Waals surface area (Å²) in [5.41, 5.74) is 0. The third kappa shape index (κ3) is 1.95. The molecule has 4 atom stereocenters. The highest BCUT2D eigenvalue weighted by molar-refractivity contribution is 4.89. The largest absolute Gasteiger partial charge is 0.381 e. The summed E-state index contributed by atoms with van der Waals surface area (Å²) in [5, 5.41) is 3.46. The molecule has 2 saturated heterocycles. The third-order valence-corrected chi connectivity index (χ3v) is 3.70. The molecule has 2 fully saturated rings. The standard InChI is InChI=1S/C11H21NO2/c1-8-10(4-6-14-8)11(12-2)9-3-5-13-7-9/h8-12H,3-7H2,1-2H3. The zero-order valence-corrected chi connectivity index (χ0v) is 9.16. The van der Waals surface area contributed by atoms with Gasteiger partial charge in [0.15, 0.2) is 0 Å². The Bertz CT molecular complexity index is 180. The fourth-order valence-corrected chi connectivity index (χ4v) is 2.86. The van der Waals surface area contributed by atoms with Crippen LogP contribution in [0.4, 0.5) is 0 Å². The van der Waals surface area contributed by atoms with Crippen molar-refractivity contribution in [1.82, 2.24) is 5.32 Å². The normalized spacial score (nSPS) is 40.3. The van der Waals surface area contributed by atoms with Gasteiger partial charge < -0.3 is 14.8 Å². The van der Waals surface area contributed by atoms with Crippen LogP contribution >= 0.6 is 0 Å². The first-order valence-corrected chi connectivity index (χ1v) is 5.69. The predicted octanol–water partition coefficient (Wildman–Crippen LogP) is 1.04. The van der Waals surface area contributed by atoms with E-state index in [2.05, 4.69) is 19.3 Å². The quantitative estimate of drug-likeness (QED) is 0.736. The molecule has 0 spiro atoms. The fraction of sp³-hybridized carbons (Fsp3) is 1.00. The van der Waals surface area contributed by atoms with E-state index in [0.29, 0.717) is 24.0 Å². The first-order chi connectivity index (χ1) is 6.83. The van der Waals surface area contributed by atoms with Crippen molar-refractivity contribution in [2.45, 2.75) is 31.9 Å². The summed E-state index contributed by atoms with van der Waals surface area (Å²) >= 11 is 0. The van der Waals surface area contributed by atoms with E-state index in [-0.39, 0.29) is 0 Å². The van der Waals surface area contributed by atoms with Gasteiger partial charge in [0, 0.05) is 31.1 Å². The molecular weight excluding hydrogens is 178 g/mol.